The summed E-state index contributed by atoms with van der Waals surface area (Å²) in [7, 11) is 0. The van der Waals surface area contributed by atoms with Crippen LogP contribution in [0.1, 0.15) is 53.1 Å². The maximum atomic E-state index is 13.0. The molecule has 190 valence electrons. The number of rotatable bonds is 9. The molecule has 2 aliphatic heterocycles. The van der Waals surface area contributed by atoms with E-state index < -0.39 is 11.9 Å². The average Bonchev–Trinajstić information content (AvgIpc) is 3.48. The van der Waals surface area contributed by atoms with Gasteiger partial charge in [-0.05, 0) is 30.5 Å². The Labute approximate surface area is 212 Å². The molecule has 3 aromatic rings. The Balaban J connectivity index is 1.15. The van der Waals surface area contributed by atoms with E-state index >= 15 is 0 Å². The van der Waals surface area contributed by atoms with Gasteiger partial charge in [-0.1, -0.05) is 41.5 Å². The molecule has 11 heteroatoms. The van der Waals surface area contributed by atoms with Crippen molar-refractivity contribution >= 4 is 35.4 Å². The van der Waals surface area contributed by atoms with E-state index in [1.54, 1.807) is 18.2 Å². The lowest BCUT2D eigenvalue weighted by Gasteiger charge is -2.29. The van der Waals surface area contributed by atoms with Gasteiger partial charge in [-0.2, -0.15) is 0 Å². The summed E-state index contributed by atoms with van der Waals surface area (Å²) in [5, 5.41) is 13.4. The summed E-state index contributed by atoms with van der Waals surface area (Å²) >= 11 is 0. The van der Waals surface area contributed by atoms with Crippen molar-refractivity contribution in [1.29, 1.82) is 0 Å². The van der Waals surface area contributed by atoms with Gasteiger partial charge >= 0.3 is 12.0 Å². The van der Waals surface area contributed by atoms with E-state index in [4.69, 9.17) is 9.15 Å². The molecule has 2 aromatic carbocycles. The maximum Gasteiger partial charge on any atom is 0.320 e. The minimum atomic E-state index is -0.695. The second-order valence-electron chi connectivity index (χ2n) is 8.86. The number of imide groups is 1. The lowest BCUT2D eigenvalue weighted by Crippen LogP contribution is -2.52. The molecule has 1 fully saturated rings. The summed E-state index contributed by atoms with van der Waals surface area (Å²) in [6, 6.07) is 14.1. The van der Waals surface area contributed by atoms with Crippen LogP contribution in [0.25, 0.3) is 0 Å². The van der Waals surface area contributed by atoms with E-state index in [1.165, 1.54) is 4.90 Å². The average molecular weight is 504 g/mol. The highest BCUT2D eigenvalue weighted by atomic mass is 16.5. The van der Waals surface area contributed by atoms with E-state index in [1.807, 2.05) is 30.3 Å². The zero-order chi connectivity index (χ0) is 25.8. The van der Waals surface area contributed by atoms with Crippen molar-refractivity contribution in [2.24, 2.45) is 0 Å². The van der Waals surface area contributed by atoms with Crippen molar-refractivity contribution < 1.29 is 28.3 Å². The van der Waals surface area contributed by atoms with E-state index in [-0.39, 0.29) is 49.8 Å². The number of ether oxygens (including phenoxy) is 1. The maximum absolute atomic E-state index is 13.0. The number of piperidine rings is 1. The van der Waals surface area contributed by atoms with Gasteiger partial charge in [-0.25, -0.2) is 0 Å². The van der Waals surface area contributed by atoms with Crippen LogP contribution in [0.5, 0.6) is 0 Å². The summed E-state index contributed by atoms with van der Waals surface area (Å²) in [6.45, 7) is 0.453. The first-order valence-electron chi connectivity index (χ1n) is 12.0. The van der Waals surface area contributed by atoms with Crippen LogP contribution >= 0.6 is 0 Å². The third-order valence-corrected chi connectivity index (χ3v) is 6.30. The van der Waals surface area contributed by atoms with Gasteiger partial charge in [0.25, 0.3) is 5.91 Å². The largest absolute Gasteiger partial charge is 0.461 e. The number of carbonyl (C=O) groups excluding carboxylic acids is 4. The van der Waals surface area contributed by atoms with Crippen LogP contribution in [-0.4, -0.2) is 44.8 Å². The minimum absolute atomic E-state index is 0.155. The topological polar surface area (TPSA) is 144 Å². The number of nitrogens with one attached hydrogen (secondary N) is 2. The minimum Gasteiger partial charge on any atom is -0.461 e. The first-order chi connectivity index (χ1) is 18.0. The first kappa shape index (κ1) is 24.2. The van der Waals surface area contributed by atoms with Crippen molar-refractivity contribution in [2.45, 2.75) is 51.3 Å². The van der Waals surface area contributed by atoms with Crippen LogP contribution in [0.2, 0.25) is 0 Å². The summed E-state index contributed by atoms with van der Waals surface area (Å²) in [6.07, 6.45) is 1.61. The fourth-order valence-corrected chi connectivity index (χ4v) is 4.42. The van der Waals surface area contributed by atoms with Crippen LogP contribution in [0, 0.1) is 0 Å². The summed E-state index contributed by atoms with van der Waals surface area (Å²) in [5.74, 6) is -0.987. The number of aromatic nitrogens is 2. The summed E-state index contributed by atoms with van der Waals surface area (Å²) < 4.78 is 10.9. The molecule has 0 radical (unpaired) electrons. The lowest BCUT2D eigenvalue weighted by atomic mass is 10.0. The molecule has 0 spiro atoms. The molecule has 5 rings (SSSR count). The number of fused-ring (bicyclic) bond motifs is 1. The van der Waals surface area contributed by atoms with Gasteiger partial charge in [0.1, 0.15) is 12.6 Å². The predicted octanol–water partition coefficient (Wildman–Crippen LogP) is 2.64. The highest BCUT2D eigenvalue weighted by Gasteiger charge is 2.39. The lowest BCUT2D eigenvalue weighted by molar-refractivity contribution is -0.145. The Morgan fingerprint density at radius 2 is 1.95 bits per heavy atom. The molecule has 37 heavy (non-hydrogen) atoms. The van der Waals surface area contributed by atoms with E-state index in [0.29, 0.717) is 42.0 Å². The van der Waals surface area contributed by atoms with Crippen molar-refractivity contribution in [3.05, 3.63) is 71.1 Å². The number of amides is 3. The molecule has 0 bridgehead atoms. The summed E-state index contributed by atoms with van der Waals surface area (Å²) in [4.78, 5) is 50.2. The molecule has 1 atom stereocenters. The highest BCUT2D eigenvalue weighted by molar-refractivity contribution is 6.06. The molecular weight excluding hydrogens is 478 g/mol. The van der Waals surface area contributed by atoms with Gasteiger partial charge in [0.05, 0.1) is 0 Å². The van der Waals surface area contributed by atoms with Crippen molar-refractivity contribution in [2.75, 3.05) is 5.32 Å². The Morgan fingerprint density at radius 1 is 1.11 bits per heavy atom. The number of aryl methyl sites for hydroxylation is 1. The highest BCUT2D eigenvalue weighted by Crippen LogP contribution is 2.33. The molecule has 1 saturated heterocycles. The fraction of sp³-hybridized carbons (Fsp3) is 0.308. The smallest absolute Gasteiger partial charge is 0.320 e. The monoisotopic (exact) mass is 503 g/mol. The number of nitrogens with zero attached hydrogens (tertiary/aromatic N) is 3. The van der Waals surface area contributed by atoms with Gasteiger partial charge in [-0.15, -0.1) is 5.10 Å². The molecule has 2 aliphatic rings. The quantitative estimate of drug-likeness (QED) is 0.333. The predicted molar refractivity (Wildman–Crippen MR) is 129 cm³/mol. The second-order valence-corrected chi connectivity index (χ2v) is 8.86. The third-order valence-electron chi connectivity index (χ3n) is 6.30. The van der Waals surface area contributed by atoms with Crippen LogP contribution in [-0.2, 0) is 38.7 Å². The Morgan fingerprint density at radius 3 is 2.76 bits per heavy atom. The molecule has 3 amide bonds. The second kappa shape index (κ2) is 10.6. The van der Waals surface area contributed by atoms with E-state index in [2.05, 4.69) is 20.8 Å². The van der Waals surface area contributed by atoms with Crippen LogP contribution < -0.4 is 10.6 Å². The number of anilines is 2. The van der Waals surface area contributed by atoms with Crippen LogP contribution in [0.3, 0.4) is 0 Å². The molecule has 0 saturated carbocycles. The summed E-state index contributed by atoms with van der Waals surface area (Å²) in [5.41, 5.74) is 2.72. The number of esters is 1. The molecule has 11 nitrogen and oxygen atoms in total. The van der Waals surface area contributed by atoms with Crippen molar-refractivity contribution in [3.63, 3.8) is 0 Å². The van der Waals surface area contributed by atoms with E-state index in [9.17, 15) is 19.2 Å². The van der Waals surface area contributed by atoms with Gasteiger partial charge in [0.15, 0.2) is 0 Å². The molecule has 1 unspecified atom stereocenters. The number of benzene rings is 2. The molecule has 0 aliphatic carbocycles. The van der Waals surface area contributed by atoms with Crippen molar-refractivity contribution in [1.82, 2.24) is 20.4 Å². The first-order valence-corrected chi connectivity index (χ1v) is 12.0. The Kier molecular flexibility index (Phi) is 6.93. The number of hydrogen-bond donors (Lipinski definition) is 2. The normalized spacial score (nSPS) is 16.9. The van der Waals surface area contributed by atoms with Gasteiger partial charge in [0, 0.05) is 42.6 Å². The zero-order valence-corrected chi connectivity index (χ0v) is 19.9. The van der Waals surface area contributed by atoms with Crippen molar-refractivity contribution in [3.8, 4) is 0 Å². The Bertz CT molecular complexity index is 1340. The molecule has 3 heterocycles. The third kappa shape index (κ3) is 5.50. The zero-order valence-electron chi connectivity index (χ0n) is 19.9. The SMILES string of the molecule is O=C1CCC(N2Cc3c(Nc4nnc(CCCC(=O)OCc5ccccc5)o4)cccc3C2=O)C(=O)N1. The molecule has 1 aromatic heterocycles. The Hall–Kier alpha value is -4.54. The van der Waals surface area contributed by atoms with Crippen LogP contribution in [0.4, 0.5) is 11.7 Å². The standard InChI is InChI=1S/C26H25N5O6/c32-21-13-12-20(24(34)28-21)31-14-18-17(25(31)35)8-4-9-19(18)27-26-30-29-22(37-26)10-5-11-23(33)36-15-16-6-2-1-3-7-16/h1-4,6-9,20H,5,10-15H2,(H,27,30)(H,28,32,34). The van der Waals surface area contributed by atoms with Crippen LogP contribution in [0.15, 0.2) is 52.9 Å². The van der Waals surface area contributed by atoms with Gasteiger partial charge in [0.2, 0.25) is 17.7 Å². The van der Waals surface area contributed by atoms with E-state index in [0.717, 1.165) is 5.56 Å². The number of hydrogen-bond acceptors (Lipinski definition) is 9. The van der Waals surface area contributed by atoms with Gasteiger partial charge in [-0.3, -0.25) is 24.5 Å². The number of carbonyl (C=O) groups is 4. The van der Waals surface area contributed by atoms with Gasteiger partial charge < -0.3 is 19.4 Å². The molecular formula is C26H25N5O6. The fourth-order valence-electron chi connectivity index (χ4n) is 4.42. The molecule has 2 N–H and O–H groups in total.